The van der Waals surface area contributed by atoms with Crippen LogP contribution in [-0.4, -0.2) is 36.1 Å². The van der Waals surface area contributed by atoms with Gasteiger partial charge in [-0.1, -0.05) is 24.3 Å². The number of carbonyl (C=O) groups is 1. The summed E-state index contributed by atoms with van der Waals surface area (Å²) in [6.07, 6.45) is 0. The van der Waals surface area contributed by atoms with Crippen molar-refractivity contribution in [3.8, 4) is 0 Å². The summed E-state index contributed by atoms with van der Waals surface area (Å²) in [6, 6.07) is 14.0. The summed E-state index contributed by atoms with van der Waals surface area (Å²) in [7, 11) is -2.06. The number of benzene rings is 2. The topological polar surface area (TPSA) is 98.3 Å². The van der Waals surface area contributed by atoms with E-state index < -0.39 is 10.0 Å². The number of hydrogen-bond acceptors (Lipinski definition) is 5. The highest BCUT2D eigenvalue weighted by Crippen LogP contribution is 2.31. The van der Waals surface area contributed by atoms with Gasteiger partial charge in [0, 0.05) is 12.4 Å². The van der Waals surface area contributed by atoms with Crippen LogP contribution in [0.2, 0.25) is 0 Å². The first kappa shape index (κ1) is 23.1. The van der Waals surface area contributed by atoms with Gasteiger partial charge >= 0.3 is 0 Å². The highest BCUT2D eigenvalue weighted by molar-refractivity contribution is 7.89. The van der Waals surface area contributed by atoms with Crippen molar-refractivity contribution in [3.63, 3.8) is 0 Å². The average Bonchev–Trinajstić information content (AvgIpc) is 3.34. The Bertz CT molecular complexity index is 1430. The number of nitrogens with zero attached hydrogens (tertiary/aromatic N) is 3. The van der Waals surface area contributed by atoms with Crippen LogP contribution in [0.3, 0.4) is 0 Å². The highest BCUT2D eigenvalue weighted by atomic mass is 32.2. The fraction of sp³-hybridized carbons (Fsp3) is 0.217. The van der Waals surface area contributed by atoms with Crippen LogP contribution in [0, 0.1) is 12.7 Å². The Morgan fingerprint density at radius 1 is 1.18 bits per heavy atom. The smallest absolute Gasteiger partial charge is 0.264 e. The zero-order valence-electron chi connectivity index (χ0n) is 18.3. The molecule has 2 aromatic carbocycles. The zero-order chi connectivity index (χ0) is 23.9. The van der Waals surface area contributed by atoms with Crippen molar-refractivity contribution in [3.05, 3.63) is 82.1 Å². The van der Waals surface area contributed by atoms with Gasteiger partial charge in [-0.2, -0.15) is 5.10 Å². The van der Waals surface area contributed by atoms with Gasteiger partial charge in [-0.3, -0.25) is 9.48 Å². The molecule has 2 aromatic heterocycles. The van der Waals surface area contributed by atoms with Gasteiger partial charge in [-0.05, 0) is 55.3 Å². The van der Waals surface area contributed by atoms with Crippen molar-refractivity contribution in [2.45, 2.75) is 31.3 Å². The minimum atomic E-state index is -3.77. The van der Waals surface area contributed by atoms with E-state index in [-0.39, 0.29) is 22.7 Å². The van der Waals surface area contributed by atoms with Gasteiger partial charge in [0.2, 0.25) is 10.0 Å². The van der Waals surface area contributed by atoms with Crippen LogP contribution in [-0.2, 0) is 16.6 Å². The van der Waals surface area contributed by atoms with Gasteiger partial charge in [-0.15, -0.1) is 11.3 Å². The summed E-state index contributed by atoms with van der Waals surface area (Å²) in [6.45, 7) is 4.24. The predicted molar refractivity (Wildman–Crippen MR) is 126 cm³/mol. The molecule has 0 spiro atoms. The number of nitrogens with two attached hydrogens (primary N) is 1. The number of halogens is 1. The molecule has 33 heavy (non-hydrogen) atoms. The minimum Gasteiger partial charge on any atom is -0.334 e. The number of aryl methyl sites for hydroxylation is 1. The Morgan fingerprint density at radius 3 is 2.42 bits per heavy atom. The number of sulfonamides is 1. The zero-order valence-corrected chi connectivity index (χ0v) is 20.0. The van der Waals surface area contributed by atoms with Gasteiger partial charge < -0.3 is 4.90 Å². The summed E-state index contributed by atoms with van der Waals surface area (Å²) in [5, 5.41) is 10.6. The van der Waals surface area contributed by atoms with Gasteiger partial charge in [0.25, 0.3) is 5.91 Å². The molecular weight excluding hydrogens is 463 g/mol. The lowest BCUT2D eigenvalue weighted by Gasteiger charge is -2.25. The number of hydrogen-bond donors (Lipinski definition) is 1. The van der Waals surface area contributed by atoms with E-state index in [1.807, 2.05) is 24.6 Å². The van der Waals surface area contributed by atoms with E-state index in [0.29, 0.717) is 11.4 Å². The van der Waals surface area contributed by atoms with Crippen LogP contribution in [0.5, 0.6) is 0 Å². The van der Waals surface area contributed by atoms with Crippen LogP contribution >= 0.6 is 11.3 Å². The van der Waals surface area contributed by atoms with Crippen molar-refractivity contribution in [2.75, 3.05) is 7.05 Å². The van der Waals surface area contributed by atoms with Crippen LogP contribution in [0.1, 0.15) is 39.5 Å². The molecule has 1 unspecified atom stereocenters. The largest absolute Gasteiger partial charge is 0.334 e. The quantitative estimate of drug-likeness (QED) is 0.444. The van der Waals surface area contributed by atoms with Crippen LogP contribution < -0.4 is 5.14 Å². The molecule has 2 heterocycles. The predicted octanol–water partition coefficient (Wildman–Crippen LogP) is 4.07. The van der Waals surface area contributed by atoms with E-state index in [9.17, 15) is 17.6 Å². The second-order valence-corrected chi connectivity index (χ2v) is 10.5. The molecular formula is C23H23FN4O3S2. The van der Waals surface area contributed by atoms with Crippen LogP contribution in [0.15, 0.2) is 59.5 Å². The fourth-order valence-electron chi connectivity index (χ4n) is 3.60. The molecule has 1 amide bonds. The van der Waals surface area contributed by atoms with Crippen LogP contribution in [0.4, 0.5) is 4.39 Å². The van der Waals surface area contributed by atoms with E-state index in [0.717, 1.165) is 27.0 Å². The van der Waals surface area contributed by atoms with Crippen LogP contribution in [0.25, 0.3) is 10.2 Å². The molecule has 0 bridgehead atoms. The van der Waals surface area contributed by atoms with Gasteiger partial charge in [0.1, 0.15) is 10.6 Å². The molecule has 10 heteroatoms. The maximum atomic E-state index is 13.2. The Labute approximate surface area is 195 Å². The second kappa shape index (κ2) is 8.69. The third-order valence-corrected chi connectivity index (χ3v) is 7.72. The molecule has 4 aromatic rings. The SMILES string of the molecule is Cc1nn(Cc2ccc(F)cc2)c2sc(C(=O)N(C)C(C)c3ccc(S(N)(=O)=O)cc3)cc12. The van der Waals surface area contributed by atoms with Crippen molar-refractivity contribution in [1.82, 2.24) is 14.7 Å². The molecule has 172 valence electrons. The number of aromatic nitrogens is 2. The van der Waals surface area contributed by atoms with E-state index in [1.165, 1.54) is 35.6 Å². The monoisotopic (exact) mass is 486 g/mol. The van der Waals surface area contributed by atoms with Crippen molar-refractivity contribution < 1.29 is 17.6 Å². The Morgan fingerprint density at radius 2 is 1.82 bits per heavy atom. The standard InChI is InChI=1S/C23H23FN4O3S2/c1-14-20-12-21(32-23(20)28(26-14)13-16-4-8-18(24)9-5-16)22(29)27(3)15(2)17-6-10-19(11-7-17)33(25,30)31/h4-12,15H,13H2,1-3H3,(H2,25,30,31). The van der Waals surface area contributed by atoms with Crippen molar-refractivity contribution in [2.24, 2.45) is 5.14 Å². The van der Waals surface area contributed by atoms with Gasteiger partial charge in [0.05, 0.1) is 28.1 Å². The number of primary sulfonamides is 1. The maximum Gasteiger partial charge on any atom is 0.264 e. The fourth-order valence-corrected chi connectivity index (χ4v) is 5.26. The Balaban J connectivity index is 1.58. The number of amides is 1. The molecule has 0 fully saturated rings. The third-order valence-electron chi connectivity index (χ3n) is 5.66. The molecule has 0 radical (unpaired) electrons. The Hall–Kier alpha value is -3.08. The number of rotatable bonds is 6. The first-order valence-corrected chi connectivity index (χ1v) is 12.5. The van der Waals surface area contributed by atoms with E-state index in [1.54, 1.807) is 36.2 Å². The number of fused-ring (bicyclic) bond motifs is 1. The Kier molecular flexibility index (Phi) is 6.08. The molecule has 1 atom stereocenters. The molecule has 2 N–H and O–H groups in total. The molecule has 0 saturated carbocycles. The summed E-state index contributed by atoms with van der Waals surface area (Å²) < 4.78 is 38.0. The molecule has 4 rings (SSSR count). The first-order chi connectivity index (χ1) is 15.5. The van der Waals surface area contributed by atoms with E-state index in [2.05, 4.69) is 5.10 Å². The van der Waals surface area contributed by atoms with E-state index in [4.69, 9.17) is 5.14 Å². The summed E-state index contributed by atoms with van der Waals surface area (Å²) in [5.74, 6) is -0.437. The average molecular weight is 487 g/mol. The summed E-state index contributed by atoms with van der Waals surface area (Å²) >= 11 is 1.36. The summed E-state index contributed by atoms with van der Waals surface area (Å²) in [4.78, 5) is 16.3. The highest BCUT2D eigenvalue weighted by Gasteiger charge is 2.23. The second-order valence-electron chi connectivity index (χ2n) is 7.91. The van der Waals surface area contributed by atoms with Gasteiger partial charge in [-0.25, -0.2) is 17.9 Å². The first-order valence-electron chi connectivity index (χ1n) is 10.2. The molecule has 0 saturated heterocycles. The lowest BCUT2D eigenvalue weighted by Crippen LogP contribution is -2.29. The summed E-state index contributed by atoms with van der Waals surface area (Å²) in [5.41, 5.74) is 2.52. The lowest BCUT2D eigenvalue weighted by atomic mass is 10.1. The van der Waals surface area contributed by atoms with Crippen molar-refractivity contribution in [1.29, 1.82) is 0 Å². The number of thiophene rings is 1. The van der Waals surface area contributed by atoms with E-state index >= 15 is 0 Å². The molecule has 0 aliphatic rings. The molecule has 0 aliphatic heterocycles. The van der Waals surface area contributed by atoms with Crippen molar-refractivity contribution >= 4 is 37.5 Å². The molecule has 7 nitrogen and oxygen atoms in total. The normalized spacial score (nSPS) is 12.8. The number of carbonyl (C=O) groups excluding carboxylic acids is 1. The lowest BCUT2D eigenvalue weighted by molar-refractivity contribution is 0.0747. The molecule has 0 aliphatic carbocycles. The van der Waals surface area contributed by atoms with Gasteiger partial charge in [0.15, 0.2) is 0 Å². The maximum absolute atomic E-state index is 13.2. The minimum absolute atomic E-state index is 0.0260. The third kappa shape index (κ3) is 4.68.